The largest absolute Gasteiger partial charge is 0.336 e. The Morgan fingerprint density at radius 1 is 1.00 bits per heavy atom. The normalized spacial score (nSPS) is 11.4. The Balaban J connectivity index is 1.83. The molecular weight excluding hydrogens is 466 g/mol. The second-order valence-corrected chi connectivity index (χ2v) is 11.1. The van der Waals surface area contributed by atoms with Crippen LogP contribution in [0.15, 0.2) is 53.6 Å². The van der Waals surface area contributed by atoms with Crippen LogP contribution in [-0.2, 0) is 4.79 Å². The van der Waals surface area contributed by atoms with Gasteiger partial charge in [0.05, 0.1) is 4.88 Å². The van der Waals surface area contributed by atoms with E-state index in [1.807, 2.05) is 62.5 Å². The zero-order chi connectivity index (χ0) is 24.9. The summed E-state index contributed by atoms with van der Waals surface area (Å²) in [6.07, 6.45) is 1.87. The maximum Gasteiger partial charge on any atom is 0.319 e. The molecular formula is C25H31N5O2S2. The van der Waals surface area contributed by atoms with Crippen molar-refractivity contribution in [2.75, 3.05) is 10.6 Å². The quantitative estimate of drug-likeness (QED) is 0.285. The third-order valence-corrected chi connectivity index (χ3v) is 6.70. The minimum Gasteiger partial charge on any atom is -0.336 e. The van der Waals surface area contributed by atoms with E-state index in [-0.39, 0.29) is 23.5 Å². The minimum atomic E-state index is -0.226. The van der Waals surface area contributed by atoms with E-state index >= 15 is 0 Å². The number of carbonyl (C=O) groups is 2. The molecule has 180 valence electrons. The summed E-state index contributed by atoms with van der Waals surface area (Å²) in [5, 5.41) is 9.38. The van der Waals surface area contributed by atoms with Gasteiger partial charge >= 0.3 is 6.03 Å². The highest BCUT2D eigenvalue weighted by atomic mass is 32.2. The van der Waals surface area contributed by atoms with Crippen molar-refractivity contribution in [3.8, 4) is 21.0 Å². The van der Waals surface area contributed by atoms with Crippen LogP contribution < -0.4 is 20.7 Å². The number of hydrogen-bond acceptors (Lipinski definition) is 6. The average molecular weight is 498 g/mol. The number of rotatable bonds is 7. The Bertz CT molecular complexity index is 1150. The molecule has 4 N–H and O–H groups in total. The van der Waals surface area contributed by atoms with Crippen LogP contribution in [0.2, 0.25) is 0 Å². The van der Waals surface area contributed by atoms with Crippen LogP contribution in [0.5, 0.6) is 0 Å². The van der Waals surface area contributed by atoms with Crippen LogP contribution in [-0.4, -0.2) is 28.5 Å². The van der Waals surface area contributed by atoms with Gasteiger partial charge in [0.25, 0.3) is 0 Å². The Morgan fingerprint density at radius 3 is 2.29 bits per heavy atom. The first-order valence-electron chi connectivity index (χ1n) is 11.0. The number of benzene rings is 2. The summed E-state index contributed by atoms with van der Waals surface area (Å²) in [5.74, 6) is -0.104. The number of aromatic nitrogens is 1. The number of nitrogens with zero attached hydrogens (tertiary/aromatic N) is 1. The van der Waals surface area contributed by atoms with Gasteiger partial charge in [-0.15, -0.1) is 11.3 Å². The molecule has 0 radical (unpaired) electrons. The van der Waals surface area contributed by atoms with E-state index in [0.717, 1.165) is 37.3 Å². The zero-order valence-electron chi connectivity index (χ0n) is 20.3. The van der Waals surface area contributed by atoms with Crippen molar-refractivity contribution in [2.24, 2.45) is 0 Å². The molecule has 34 heavy (non-hydrogen) atoms. The monoisotopic (exact) mass is 497 g/mol. The zero-order valence-corrected chi connectivity index (χ0v) is 21.9. The van der Waals surface area contributed by atoms with Crippen molar-refractivity contribution in [3.05, 3.63) is 48.7 Å². The summed E-state index contributed by atoms with van der Waals surface area (Å²) in [6.45, 7) is 11.6. The number of urea groups is 1. The van der Waals surface area contributed by atoms with E-state index in [4.69, 9.17) is 0 Å². The molecule has 3 rings (SSSR count). The maximum atomic E-state index is 11.9. The van der Waals surface area contributed by atoms with Gasteiger partial charge < -0.3 is 16.0 Å². The Morgan fingerprint density at radius 2 is 1.68 bits per heavy atom. The summed E-state index contributed by atoms with van der Waals surface area (Å²) in [6, 6.07) is 13.4. The minimum absolute atomic E-state index is 0.0713. The molecule has 0 unspecified atom stereocenters. The average Bonchev–Trinajstić information content (AvgIpc) is 3.21. The van der Waals surface area contributed by atoms with Gasteiger partial charge in [-0.1, -0.05) is 6.07 Å². The Hall–Kier alpha value is -2.88. The molecule has 0 aliphatic heterocycles. The van der Waals surface area contributed by atoms with Crippen LogP contribution in [0, 0.1) is 0 Å². The predicted molar refractivity (Wildman–Crippen MR) is 143 cm³/mol. The molecule has 3 amide bonds. The molecule has 9 heteroatoms. The van der Waals surface area contributed by atoms with Crippen molar-refractivity contribution < 1.29 is 9.59 Å². The first-order valence-corrected chi connectivity index (χ1v) is 12.6. The molecule has 0 saturated carbocycles. The highest BCUT2D eigenvalue weighted by Gasteiger charge is 2.16. The lowest BCUT2D eigenvalue weighted by molar-refractivity contribution is -0.114. The third-order valence-electron chi connectivity index (χ3n) is 4.35. The van der Waals surface area contributed by atoms with Crippen LogP contribution in [0.4, 0.5) is 16.2 Å². The molecule has 0 saturated heterocycles. The predicted octanol–water partition coefficient (Wildman–Crippen LogP) is 6.36. The van der Waals surface area contributed by atoms with E-state index in [1.54, 1.807) is 11.3 Å². The van der Waals surface area contributed by atoms with Crippen LogP contribution in [0.1, 0.15) is 41.5 Å². The van der Waals surface area contributed by atoms with Gasteiger partial charge in [-0.2, -0.15) is 0 Å². The highest BCUT2D eigenvalue weighted by molar-refractivity contribution is 7.97. The number of nitrogens with one attached hydrogen (secondary N) is 4. The fraction of sp³-hybridized carbons (Fsp3) is 0.320. The third kappa shape index (κ3) is 7.58. The van der Waals surface area contributed by atoms with Crippen molar-refractivity contribution in [2.45, 2.75) is 58.0 Å². The standard InChI is InChI=1S/C25H31N5O2S2/c1-15(2)27-24(32)29-18-9-7-17(8-10-18)23-26-14-22(33-23)20-12-11-19(28-16(3)31)13-21(20)34-30-25(4,5)6/h7-15,30H,1-6H3,(H,28,31)(H2,27,29,32). The summed E-state index contributed by atoms with van der Waals surface area (Å²) in [5.41, 5.74) is 3.42. The van der Waals surface area contributed by atoms with Crippen molar-refractivity contribution in [1.82, 2.24) is 15.0 Å². The molecule has 2 aromatic carbocycles. The molecule has 7 nitrogen and oxygen atoms in total. The summed E-state index contributed by atoms with van der Waals surface area (Å²) >= 11 is 3.13. The SMILES string of the molecule is CC(=O)Nc1ccc(-c2cnc(-c3ccc(NC(=O)NC(C)C)cc3)s2)c(SNC(C)(C)C)c1. The molecule has 0 fully saturated rings. The smallest absolute Gasteiger partial charge is 0.319 e. The van der Waals surface area contributed by atoms with Gasteiger partial charge in [-0.05, 0) is 83.0 Å². The van der Waals surface area contributed by atoms with Crippen LogP contribution in [0.3, 0.4) is 0 Å². The fourth-order valence-corrected chi connectivity index (χ4v) is 4.87. The lowest BCUT2D eigenvalue weighted by Gasteiger charge is -2.20. The van der Waals surface area contributed by atoms with Gasteiger partial charge in [0, 0.05) is 52.1 Å². The van der Waals surface area contributed by atoms with Crippen molar-refractivity contribution in [1.29, 1.82) is 0 Å². The molecule has 0 aliphatic carbocycles. The number of carbonyl (C=O) groups excluding carboxylic acids is 2. The van der Waals surface area contributed by atoms with Gasteiger partial charge in [0.15, 0.2) is 0 Å². The summed E-state index contributed by atoms with van der Waals surface area (Å²) < 4.78 is 3.45. The van der Waals surface area contributed by atoms with Crippen LogP contribution >= 0.6 is 23.3 Å². The number of amides is 3. The van der Waals surface area contributed by atoms with E-state index in [1.165, 1.54) is 18.9 Å². The number of thiazole rings is 1. The molecule has 0 aliphatic rings. The Labute approximate surface area is 209 Å². The van der Waals surface area contributed by atoms with E-state index in [2.05, 4.69) is 46.4 Å². The Kier molecular flexibility index (Phi) is 8.35. The van der Waals surface area contributed by atoms with E-state index < -0.39 is 0 Å². The topological polar surface area (TPSA) is 95.2 Å². The van der Waals surface area contributed by atoms with Crippen molar-refractivity contribution >= 4 is 46.6 Å². The first kappa shape index (κ1) is 25.7. The number of hydrogen-bond donors (Lipinski definition) is 4. The number of anilines is 2. The summed E-state index contributed by atoms with van der Waals surface area (Å²) in [7, 11) is 0. The molecule has 1 heterocycles. The molecule has 1 aromatic heterocycles. The van der Waals surface area contributed by atoms with Crippen LogP contribution in [0.25, 0.3) is 21.0 Å². The molecule has 0 bridgehead atoms. The second kappa shape index (κ2) is 11.0. The van der Waals surface area contributed by atoms with Gasteiger partial charge in [0.2, 0.25) is 5.91 Å². The highest BCUT2D eigenvalue weighted by Crippen LogP contribution is 2.38. The molecule has 0 atom stereocenters. The lowest BCUT2D eigenvalue weighted by Crippen LogP contribution is -2.34. The van der Waals surface area contributed by atoms with Gasteiger partial charge in [-0.25, -0.2) is 9.78 Å². The van der Waals surface area contributed by atoms with E-state index in [9.17, 15) is 9.59 Å². The first-order chi connectivity index (χ1) is 16.0. The van der Waals surface area contributed by atoms with E-state index in [0.29, 0.717) is 0 Å². The summed E-state index contributed by atoms with van der Waals surface area (Å²) in [4.78, 5) is 30.1. The van der Waals surface area contributed by atoms with Crippen molar-refractivity contribution in [3.63, 3.8) is 0 Å². The maximum absolute atomic E-state index is 11.9. The second-order valence-electron chi connectivity index (χ2n) is 9.21. The lowest BCUT2D eigenvalue weighted by atomic mass is 10.1. The molecule has 0 spiro atoms. The molecule has 3 aromatic rings. The van der Waals surface area contributed by atoms with Gasteiger partial charge in [0.1, 0.15) is 5.01 Å². The fourth-order valence-electron chi connectivity index (χ4n) is 2.96. The van der Waals surface area contributed by atoms with Gasteiger partial charge in [-0.3, -0.25) is 9.52 Å².